The topological polar surface area (TPSA) is 67.9 Å². The van der Waals surface area contributed by atoms with Crippen molar-refractivity contribution < 1.29 is 9.53 Å². The Bertz CT molecular complexity index is 1150. The third-order valence-corrected chi connectivity index (χ3v) is 5.73. The van der Waals surface area contributed by atoms with Gasteiger partial charge in [-0.3, -0.25) is 9.69 Å². The third-order valence-electron chi connectivity index (χ3n) is 5.73. The van der Waals surface area contributed by atoms with Gasteiger partial charge in [0, 0.05) is 13.5 Å². The summed E-state index contributed by atoms with van der Waals surface area (Å²) in [6, 6.07) is 23.8. The van der Waals surface area contributed by atoms with Crippen LogP contribution >= 0.6 is 12.4 Å². The number of nitrogens with zero attached hydrogens (tertiary/aromatic N) is 2. The van der Waals surface area contributed by atoms with Crippen LogP contribution in [0.5, 0.6) is 5.75 Å². The van der Waals surface area contributed by atoms with E-state index in [0.717, 1.165) is 41.0 Å². The van der Waals surface area contributed by atoms with Crippen LogP contribution < -0.4 is 10.5 Å². The highest BCUT2D eigenvalue weighted by molar-refractivity contribution is 6.09. The van der Waals surface area contributed by atoms with Gasteiger partial charge >= 0.3 is 0 Å². The number of aliphatic imine (C=N–C) groups is 1. The Morgan fingerprint density at radius 3 is 2.43 bits per heavy atom. The molecule has 30 heavy (non-hydrogen) atoms. The molecule has 5 rings (SSSR count). The first kappa shape index (κ1) is 20.0. The average molecular weight is 420 g/mol. The Kier molecular flexibility index (Phi) is 5.00. The van der Waals surface area contributed by atoms with E-state index in [-0.39, 0.29) is 24.3 Å². The summed E-state index contributed by atoms with van der Waals surface area (Å²) in [5.74, 6) is 1.02. The molecule has 0 aromatic heterocycles. The summed E-state index contributed by atoms with van der Waals surface area (Å²) in [6.45, 7) is 0.727. The second kappa shape index (κ2) is 7.50. The van der Waals surface area contributed by atoms with Crippen LogP contribution in [-0.2, 0) is 16.8 Å². The molecule has 0 aliphatic carbocycles. The second-order valence-electron chi connectivity index (χ2n) is 7.41. The van der Waals surface area contributed by atoms with Gasteiger partial charge in [-0.25, -0.2) is 4.99 Å². The van der Waals surface area contributed by atoms with Gasteiger partial charge in [0.25, 0.3) is 5.91 Å². The summed E-state index contributed by atoms with van der Waals surface area (Å²) in [4.78, 5) is 19.4. The summed E-state index contributed by atoms with van der Waals surface area (Å²) in [7, 11) is 1.66. The van der Waals surface area contributed by atoms with Crippen LogP contribution in [0, 0.1) is 0 Å². The molecule has 0 spiro atoms. The molecule has 0 fully saturated rings. The zero-order chi connectivity index (χ0) is 20.0. The van der Waals surface area contributed by atoms with E-state index in [2.05, 4.69) is 23.2 Å². The Balaban J connectivity index is 0.00000218. The summed E-state index contributed by atoms with van der Waals surface area (Å²) in [6.07, 6.45) is 0.918. The summed E-state index contributed by atoms with van der Waals surface area (Å²) < 4.78 is 5.62. The SMILES string of the molecule is CN1C(=O)C(c2ccccc2)(c2cccc(-c3ccc4c(c3)CCO4)c2)N=C1N.Cl. The van der Waals surface area contributed by atoms with Gasteiger partial charge in [-0.1, -0.05) is 54.6 Å². The Morgan fingerprint density at radius 1 is 0.967 bits per heavy atom. The predicted octanol–water partition coefficient (Wildman–Crippen LogP) is 3.74. The predicted molar refractivity (Wildman–Crippen MR) is 120 cm³/mol. The molecule has 1 atom stereocenters. The molecule has 2 aliphatic heterocycles. The minimum absolute atomic E-state index is 0. The Hall–Kier alpha value is -3.31. The maximum absolute atomic E-state index is 13.4. The molecule has 0 saturated carbocycles. The van der Waals surface area contributed by atoms with Crippen molar-refractivity contribution in [2.24, 2.45) is 10.7 Å². The number of hydrogen-bond donors (Lipinski definition) is 1. The molecule has 0 radical (unpaired) electrons. The van der Waals surface area contributed by atoms with Crippen LogP contribution in [0.25, 0.3) is 11.1 Å². The van der Waals surface area contributed by atoms with Crippen molar-refractivity contribution >= 4 is 24.3 Å². The van der Waals surface area contributed by atoms with Gasteiger partial charge in [-0.05, 0) is 46.0 Å². The monoisotopic (exact) mass is 419 g/mol. The third kappa shape index (κ3) is 2.94. The number of carbonyl (C=O) groups is 1. The largest absolute Gasteiger partial charge is 0.493 e. The van der Waals surface area contributed by atoms with Gasteiger partial charge < -0.3 is 10.5 Å². The minimum atomic E-state index is -1.17. The number of ether oxygens (including phenoxy) is 1. The Labute approximate surface area is 181 Å². The number of benzene rings is 3. The van der Waals surface area contributed by atoms with Gasteiger partial charge in [0.1, 0.15) is 5.75 Å². The van der Waals surface area contributed by atoms with E-state index in [1.165, 1.54) is 10.5 Å². The maximum atomic E-state index is 13.4. The zero-order valence-electron chi connectivity index (χ0n) is 16.5. The first-order valence-corrected chi connectivity index (χ1v) is 9.65. The summed E-state index contributed by atoms with van der Waals surface area (Å²) >= 11 is 0. The van der Waals surface area contributed by atoms with Crippen LogP contribution in [-0.4, -0.2) is 30.4 Å². The number of carbonyl (C=O) groups excluding carboxylic acids is 1. The fourth-order valence-electron chi connectivity index (χ4n) is 4.15. The summed E-state index contributed by atoms with van der Waals surface area (Å²) in [5.41, 5.74) is 9.84. The average Bonchev–Trinajstić information content (AvgIpc) is 3.33. The number of rotatable bonds is 3. The van der Waals surface area contributed by atoms with Crippen LogP contribution in [0.2, 0.25) is 0 Å². The van der Waals surface area contributed by atoms with Crippen LogP contribution in [0.4, 0.5) is 0 Å². The van der Waals surface area contributed by atoms with Crippen LogP contribution in [0.3, 0.4) is 0 Å². The number of halogens is 1. The number of fused-ring (bicyclic) bond motifs is 1. The summed E-state index contributed by atoms with van der Waals surface area (Å²) in [5, 5.41) is 0. The molecule has 3 aromatic carbocycles. The molecule has 2 N–H and O–H groups in total. The van der Waals surface area contributed by atoms with E-state index < -0.39 is 5.54 Å². The molecule has 6 heteroatoms. The first-order chi connectivity index (χ1) is 14.1. The standard InChI is InChI=1S/C24H21N3O2.ClH/c1-27-22(28)24(26-23(27)25,19-7-3-2-4-8-19)20-9-5-6-16(15-20)17-10-11-21-18(14-17)12-13-29-21;/h2-11,14-15H,12-13H2,1H3,(H2,25,26);1H. The van der Waals surface area contributed by atoms with E-state index >= 15 is 0 Å². The number of likely N-dealkylation sites (N-methyl/N-ethyl adjacent to an activating group) is 1. The second-order valence-corrected chi connectivity index (χ2v) is 7.41. The number of amides is 1. The van der Waals surface area contributed by atoms with Crippen molar-refractivity contribution in [1.29, 1.82) is 0 Å². The van der Waals surface area contributed by atoms with E-state index in [9.17, 15) is 4.79 Å². The lowest BCUT2D eigenvalue weighted by Crippen LogP contribution is -2.41. The van der Waals surface area contributed by atoms with Crippen molar-refractivity contribution in [3.8, 4) is 16.9 Å². The van der Waals surface area contributed by atoms with Crippen LogP contribution in [0.1, 0.15) is 16.7 Å². The highest BCUT2D eigenvalue weighted by atomic mass is 35.5. The van der Waals surface area contributed by atoms with Crippen LogP contribution in [0.15, 0.2) is 77.8 Å². The molecule has 2 aliphatic rings. The van der Waals surface area contributed by atoms with Gasteiger partial charge in [0.05, 0.1) is 6.61 Å². The fourth-order valence-corrected chi connectivity index (χ4v) is 4.15. The normalized spacial score (nSPS) is 19.7. The number of nitrogens with two attached hydrogens (primary N) is 1. The molecule has 152 valence electrons. The molecule has 5 nitrogen and oxygen atoms in total. The van der Waals surface area contributed by atoms with Gasteiger partial charge in [0.2, 0.25) is 0 Å². The van der Waals surface area contributed by atoms with Gasteiger partial charge in [-0.2, -0.15) is 0 Å². The molecule has 0 bridgehead atoms. The van der Waals surface area contributed by atoms with E-state index in [4.69, 9.17) is 10.5 Å². The number of hydrogen-bond acceptors (Lipinski definition) is 4. The quantitative estimate of drug-likeness (QED) is 0.703. The van der Waals surface area contributed by atoms with E-state index in [1.54, 1.807) is 7.05 Å². The molecule has 0 saturated heterocycles. The first-order valence-electron chi connectivity index (χ1n) is 9.65. The molecule has 1 amide bonds. The van der Waals surface area contributed by atoms with E-state index in [0.29, 0.717) is 0 Å². The molecule has 3 aromatic rings. The van der Waals surface area contributed by atoms with Crippen molar-refractivity contribution in [3.63, 3.8) is 0 Å². The fraction of sp³-hybridized carbons (Fsp3) is 0.167. The molecular weight excluding hydrogens is 398 g/mol. The molecular formula is C24H22ClN3O2. The smallest absolute Gasteiger partial charge is 0.266 e. The lowest BCUT2D eigenvalue weighted by molar-refractivity contribution is -0.129. The highest BCUT2D eigenvalue weighted by Crippen LogP contribution is 2.40. The number of guanidine groups is 1. The lowest BCUT2D eigenvalue weighted by atomic mass is 9.81. The van der Waals surface area contributed by atoms with Crippen molar-refractivity contribution in [2.75, 3.05) is 13.7 Å². The van der Waals surface area contributed by atoms with Gasteiger partial charge in [-0.15, -0.1) is 12.4 Å². The van der Waals surface area contributed by atoms with Crippen molar-refractivity contribution in [3.05, 3.63) is 89.5 Å². The lowest BCUT2D eigenvalue weighted by Gasteiger charge is -2.26. The van der Waals surface area contributed by atoms with Crippen molar-refractivity contribution in [1.82, 2.24) is 4.90 Å². The van der Waals surface area contributed by atoms with Gasteiger partial charge in [0.15, 0.2) is 11.5 Å². The minimum Gasteiger partial charge on any atom is -0.493 e. The Morgan fingerprint density at radius 2 is 1.70 bits per heavy atom. The maximum Gasteiger partial charge on any atom is 0.266 e. The molecule has 1 unspecified atom stereocenters. The highest BCUT2D eigenvalue weighted by Gasteiger charge is 2.49. The zero-order valence-corrected chi connectivity index (χ0v) is 17.4. The van der Waals surface area contributed by atoms with E-state index in [1.807, 2.05) is 54.6 Å². The van der Waals surface area contributed by atoms with Crippen molar-refractivity contribution in [2.45, 2.75) is 12.0 Å². The molecule has 2 heterocycles.